The summed E-state index contributed by atoms with van der Waals surface area (Å²) in [6.07, 6.45) is 2.95. The van der Waals surface area contributed by atoms with Gasteiger partial charge in [0.1, 0.15) is 11.9 Å². The molecule has 4 rings (SSSR count). The number of piperidine rings is 1. The second-order valence-electron chi connectivity index (χ2n) is 8.06. The van der Waals surface area contributed by atoms with E-state index in [0.29, 0.717) is 41.4 Å². The molecule has 2 atom stereocenters. The molecule has 0 radical (unpaired) electrons. The molecule has 3 N–H and O–H groups in total. The van der Waals surface area contributed by atoms with E-state index in [4.69, 9.17) is 0 Å². The van der Waals surface area contributed by atoms with Gasteiger partial charge in [-0.1, -0.05) is 18.2 Å². The molecule has 32 heavy (non-hydrogen) atoms. The van der Waals surface area contributed by atoms with Crippen molar-refractivity contribution >= 4 is 28.7 Å². The molecule has 0 unspecified atom stereocenters. The van der Waals surface area contributed by atoms with Crippen LogP contribution in [0.15, 0.2) is 54.7 Å². The van der Waals surface area contributed by atoms with Crippen molar-refractivity contribution in [3.63, 3.8) is 0 Å². The standard InChI is InChI=1S/C24H24FN3O4/c25-18-8-9-19-17(13-26-20(19)12-18)11-21(24(31)32)27-22(29)16-7-4-10-28(14-16)23(30)15-5-2-1-3-6-15/h1-3,5-6,8-9,12-13,16,21,26H,4,7,10-11,14H2,(H,27,29)(H,31,32)/t16-,21+/m1/s1. The monoisotopic (exact) mass is 437 g/mol. The summed E-state index contributed by atoms with van der Waals surface area (Å²) >= 11 is 0. The van der Waals surface area contributed by atoms with Crippen LogP contribution in [0.4, 0.5) is 4.39 Å². The van der Waals surface area contributed by atoms with Crippen LogP contribution in [0.1, 0.15) is 28.8 Å². The molecule has 1 aliphatic rings. The van der Waals surface area contributed by atoms with Gasteiger partial charge in [-0.25, -0.2) is 9.18 Å². The summed E-state index contributed by atoms with van der Waals surface area (Å²) < 4.78 is 13.4. The maximum absolute atomic E-state index is 13.4. The van der Waals surface area contributed by atoms with Crippen LogP contribution in [-0.2, 0) is 16.0 Å². The predicted octanol–water partition coefficient (Wildman–Crippen LogP) is 2.97. The number of aliphatic carboxylic acids is 1. The molecule has 2 heterocycles. The number of amides is 2. The molecule has 2 amide bonds. The van der Waals surface area contributed by atoms with Crippen molar-refractivity contribution in [1.29, 1.82) is 0 Å². The molecule has 0 spiro atoms. The molecule has 0 bridgehead atoms. The Hall–Kier alpha value is -3.68. The number of H-pyrrole nitrogens is 1. The lowest BCUT2D eigenvalue weighted by Gasteiger charge is -2.32. The first-order chi connectivity index (χ1) is 15.4. The molecule has 0 saturated carbocycles. The summed E-state index contributed by atoms with van der Waals surface area (Å²) in [7, 11) is 0. The maximum atomic E-state index is 13.4. The largest absolute Gasteiger partial charge is 0.480 e. The first kappa shape index (κ1) is 21.5. The molecule has 1 aliphatic heterocycles. The first-order valence-electron chi connectivity index (χ1n) is 10.6. The third-order valence-electron chi connectivity index (χ3n) is 5.87. The van der Waals surface area contributed by atoms with Crippen molar-refractivity contribution < 1.29 is 23.9 Å². The van der Waals surface area contributed by atoms with Crippen LogP contribution in [0.2, 0.25) is 0 Å². The van der Waals surface area contributed by atoms with Crippen molar-refractivity contribution in [3.05, 3.63) is 71.7 Å². The quantitative estimate of drug-likeness (QED) is 0.552. The van der Waals surface area contributed by atoms with Crippen molar-refractivity contribution in [2.24, 2.45) is 5.92 Å². The van der Waals surface area contributed by atoms with Gasteiger partial charge in [-0.2, -0.15) is 0 Å². The smallest absolute Gasteiger partial charge is 0.326 e. The lowest BCUT2D eigenvalue weighted by atomic mass is 9.95. The number of fused-ring (bicyclic) bond motifs is 1. The van der Waals surface area contributed by atoms with Crippen LogP contribution in [0.5, 0.6) is 0 Å². The molecule has 1 saturated heterocycles. The highest BCUT2D eigenvalue weighted by Crippen LogP contribution is 2.22. The molecule has 166 valence electrons. The highest BCUT2D eigenvalue weighted by molar-refractivity contribution is 5.95. The van der Waals surface area contributed by atoms with Gasteiger partial charge in [0.25, 0.3) is 5.91 Å². The lowest BCUT2D eigenvalue weighted by Crippen LogP contribution is -2.50. The molecule has 1 aromatic heterocycles. The minimum atomic E-state index is -1.15. The Labute approximate surface area is 184 Å². The number of aromatic nitrogens is 1. The van der Waals surface area contributed by atoms with Gasteiger partial charge in [0.05, 0.1) is 5.92 Å². The van der Waals surface area contributed by atoms with Crippen LogP contribution in [0, 0.1) is 11.7 Å². The molecule has 8 heteroatoms. The first-order valence-corrected chi connectivity index (χ1v) is 10.6. The third kappa shape index (κ3) is 4.64. The number of nitrogens with zero attached hydrogens (tertiary/aromatic N) is 1. The van der Waals surface area contributed by atoms with Gasteiger partial charge in [-0.05, 0) is 48.7 Å². The summed E-state index contributed by atoms with van der Waals surface area (Å²) in [5.41, 5.74) is 1.81. The molecule has 0 aliphatic carbocycles. The normalized spacial score (nSPS) is 17.2. The van der Waals surface area contributed by atoms with E-state index in [1.165, 1.54) is 12.1 Å². The Balaban J connectivity index is 1.43. The van der Waals surface area contributed by atoms with Crippen LogP contribution >= 0.6 is 0 Å². The van der Waals surface area contributed by atoms with Crippen LogP contribution < -0.4 is 5.32 Å². The minimum absolute atomic E-state index is 0.0616. The average molecular weight is 437 g/mol. The van der Waals surface area contributed by atoms with E-state index in [-0.39, 0.29) is 30.6 Å². The topological polar surface area (TPSA) is 102 Å². The summed E-state index contributed by atoms with van der Waals surface area (Å²) in [5.74, 6) is -2.53. The minimum Gasteiger partial charge on any atom is -0.480 e. The highest BCUT2D eigenvalue weighted by Gasteiger charge is 2.31. The Bertz CT molecular complexity index is 1140. The zero-order valence-corrected chi connectivity index (χ0v) is 17.4. The Morgan fingerprint density at radius 2 is 1.97 bits per heavy atom. The number of nitrogens with one attached hydrogen (secondary N) is 2. The van der Waals surface area contributed by atoms with E-state index < -0.39 is 17.9 Å². The van der Waals surface area contributed by atoms with E-state index in [0.717, 1.165) is 0 Å². The Morgan fingerprint density at radius 3 is 2.72 bits per heavy atom. The Morgan fingerprint density at radius 1 is 1.19 bits per heavy atom. The number of aromatic amines is 1. The molecule has 3 aromatic rings. The van der Waals surface area contributed by atoms with E-state index >= 15 is 0 Å². The third-order valence-corrected chi connectivity index (χ3v) is 5.87. The van der Waals surface area contributed by atoms with Gasteiger partial charge < -0.3 is 20.3 Å². The number of carbonyl (C=O) groups is 3. The fraction of sp³-hybridized carbons (Fsp3) is 0.292. The number of rotatable bonds is 6. The zero-order valence-electron chi connectivity index (χ0n) is 17.4. The zero-order chi connectivity index (χ0) is 22.7. The number of carboxylic acid groups (broad SMARTS) is 1. The van der Waals surface area contributed by atoms with Crippen molar-refractivity contribution in [1.82, 2.24) is 15.2 Å². The van der Waals surface area contributed by atoms with E-state index in [9.17, 15) is 23.9 Å². The second kappa shape index (κ2) is 9.21. The van der Waals surface area contributed by atoms with Crippen LogP contribution in [0.3, 0.4) is 0 Å². The van der Waals surface area contributed by atoms with Gasteiger partial charge in [0, 0.05) is 42.2 Å². The van der Waals surface area contributed by atoms with Gasteiger partial charge >= 0.3 is 5.97 Å². The van der Waals surface area contributed by atoms with Crippen molar-refractivity contribution in [2.75, 3.05) is 13.1 Å². The molecule has 1 fully saturated rings. The lowest BCUT2D eigenvalue weighted by molar-refractivity contribution is -0.142. The summed E-state index contributed by atoms with van der Waals surface area (Å²) in [6, 6.07) is 12.0. The van der Waals surface area contributed by atoms with E-state index in [1.54, 1.807) is 41.4 Å². The highest BCUT2D eigenvalue weighted by atomic mass is 19.1. The van der Waals surface area contributed by atoms with Gasteiger partial charge in [0.2, 0.25) is 5.91 Å². The molecular formula is C24H24FN3O4. The number of hydrogen-bond acceptors (Lipinski definition) is 3. The number of hydrogen-bond donors (Lipinski definition) is 3. The molecule has 7 nitrogen and oxygen atoms in total. The fourth-order valence-corrected chi connectivity index (χ4v) is 4.18. The number of likely N-dealkylation sites (tertiary alicyclic amines) is 1. The SMILES string of the molecule is O=C(N[C@@H](Cc1c[nH]c2cc(F)ccc12)C(=O)O)[C@@H]1CCCN(C(=O)c2ccccc2)C1. The number of carbonyl (C=O) groups excluding carboxylic acids is 2. The molecular weight excluding hydrogens is 413 g/mol. The number of carboxylic acids is 1. The Kier molecular flexibility index (Phi) is 6.20. The van der Waals surface area contributed by atoms with Gasteiger partial charge in [-0.15, -0.1) is 0 Å². The second-order valence-corrected chi connectivity index (χ2v) is 8.06. The summed E-state index contributed by atoms with van der Waals surface area (Å²) in [5, 5.41) is 13.0. The average Bonchev–Trinajstić information content (AvgIpc) is 3.20. The van der Waals surface area contributed by atoms with E-state index in [1.807, 2.05) is 6.07 Å². The number of halogens is 1. The predicted molar refractivity (Wildman–Crippen MR) is 117 cm³/mol. The van der Waals surface area contributed by atoms with Gasteiger partial charge in [-0.3, -0.25) is 9.59 Å². The summed E-state index contributed by atoms with van der Waals surface area (Å²) in [4.78, 5) is 42.0. The summed E-state index contributed by atoms with van der Waals surface area (Å²) in [6.45, 7) is 0.810. The van der Waals surface area contributed by atoms with E-state index in [2.05, 4.69) is 10.3 Å². The van der Waals surface area contributed by atoms with Crippen LogP contribution in [-0.4, -0.2) is 51.9 Å². The fourth-order valence-electron chi connectivity index (χ4n) is 4.18. The van der Waals surface area contributed by atoms with Gasteiger partial charge in [0.15, 0.2) is 0 Å². The van der Waals surface area contributed by atoms with Crippen LogP contribution in [0.25, 0.3) is 10.9 Å². The molecule has 2 aromatic carbocycles. The van der Waals surface area contributed by atoms with Crippen molar-refractivity contribution in [2.45, 2.75) is 25.3 Å². The number of benzene rings is 2. The maximum Gasteiger partial charge on any atom is 0.326 e. The van der Waals surface area contributed by atoms with Crippen molar-refractivity contribution in [3.8, 4) is 0 Å².